The maximum atomic E-state index is 12.7. The standard InChI is InChI=1S/C20H31NO8/c1-12-16(28-13-8-5-6-9-13)15(22)11-7-10-14(17(23)27-12)21(18(24)25)19(26)29-20(2,3)4/h5,8,12-16,22H,6-7,9-11H2,1-4H3,(H,24,25)/t12-,13?,14-,15-,16-/m0/s1. The van der Waals surface area contributed by atoms with E-state index in [2.05, 4.69) is 0 Å². The van der Waals surface area contributed by atoms with Gasteiger partial charge in [-0.05, 0) is 59.8 Å². The highest BCUT2D eigenvalue weighted by Gasteiger charge is 2.42. The minimum atomic E-state index is -1.60. The van der Waals surface area contributed by atoms with Gasteiger partial charge in [-0.3, -0.25) is 0 Å². The van der Waals surface area contributed by atoms with Crippen LogP contribution in [-0.4, -0.2) is 69.3 Å². The van der Waals surface area contributed by atoms with Crippen molar-refractivity contribution >= 4 is 18.2 Å². The Morgan fingerprint density at radius 1 is 1.24 bits per heavy atom. The number of allylic oxidation sites excluding steroid dienone is 1. The lowest BCUT2D eigenvalue weighted by atomic mass is 10.0. The molecule has 9 nitrogen and oxygen atoms in total. The third kappa shape index (κ3) is 6.43. The van der Waals surface area contributed by atoms with E-state index in [0.29, 0.717) is 11.3 Å². The van der Waals surface area contributed by atoms with Crippen LogP contribution in [0.4, 0.5) is 9.59 Å². The van der Waals surface area contributed by atoms with Gasteiger partial charge in [0, 0.05) is 0 Å². The average molecular weight is 413 g/mol. The topological polar surface area (TPSA) is 123 Å². The molecule has 0 saturated carbocycles. The van der Waals surface area contributed by atoms with Gasteiger partial charge in [-0.2, -0.15) is 4.90 Å². The van der Waals surface area contributed by atoms with Crippen molar-refractivity contribution in [3.8, 4) is 0 Å². The molecule has 1 unspecified atom stereocenters. The Bertz CT molecular complexity index is 641. The Morgan fingerprint density at radius 2 is 1.93 bits per heavy atom. The Balaban J connectivity index is 2.18. The van der Waals surface area contributed by atoms with Crippen LogP contribution in [0.1, 0.15) is 59.8 Å². The normalized spacial score (nSPS) is 30.7. The van der Waals surface area contributed by atoms with Crippen LogP contribution in [0.3, 0.4) is 0 Å². The average Bonchev–Trinajstić information content (AvgIpc) is 3.09. The Hall–Kier alpha value is -2.13. The molecule has 0 radical (unpaired) electrons. The smallest absolute Gasteiger partial charge is 0.420 e. The molecule has 164 valence electrons. The van der Waals surface area contributed by atoms with Gasteiger partial charge in [0.1, 0.15) is 23.9 Å². The highest BCUT2D eigenvalue weighted by Crippen LogP contribution is 2.25. The monoisotopic (exact) mass is 413 g/mol. The van der Waals surface area contributed by atoms with E-state index >= 15 is 0 Å². The number of cyclic esters (lactones) is 1. The second-order valence-corrected chi connectivity index (χ2v) is 8.43. The molecule has 0 spiro atoms. The number of aliphatic hydroxyl groups excluding tert-OH is 1. The highest BCUT2D eigenvalue weighted by atomic mass is 16.6. The largest absolute Gasteiger partial charge is 0.464 e. The molecule has 2 aliphatic rings. The summed E-state index contributed by atoms with van der Waals surface area (Å²) in [6, 6.07) is -1.36. The molecule has 1 fully saturated rings. The first-order valence-corrected chi connectivity index (χ1v) is 9.95. The third-order valence-corrected chi connectivity index (χ3v) is 4.80. The molecule has 1 heterocycles. The molecule has 2 N–H and O–H groups in total. The van der Waals surface area contributed by atoms with Gasteiger partial charge in [-0.1, -0.05) is 12.2 Å². The third-order valence-electron chi connectivity index (χ3n) is 4.80. The summed E-state index contributed by atoms with van der Waals surface area (Å²) in [5.41, 5.74) is -0.926. The van der Waals surface area contributed by atoms with Crippen molar-refractivity contribution in [2.24, 2.45) is 0 Å². The molecule has 0 aromatic heterocycles. The SMILES string of the molecule is C[C@@H]1OC(=O)[C@@H](N(C(=O)O)C(=O)OC(C)(C)C)CCC[C@H](O)[C@H]1OC1C=CCC1. The van der Waals surface area contributed by atoms with Crippen LogP contribution in [0.25, 0.3) is 0 Å². The zero-order chi connectivity index (χ0) is 21.8. The van der Waals surface area contributed by atoms with Crippen molar-refractivity contribution in [1.82, 2.24) is 4.90 Å². The molecule has 2 amide bonds. The second kappa shape index (κ2) is 9.58. The van der Waals surface area contributed by atoms with E-state index in [4.69, 9.17) is 14.2 Å². The van der Waals surface area contributed by atoms with Crippen LogP contribution >= 0.6 is 0 Å². The van der Waals surface area contributed by atoms with Gasteiger partial charge in [0.15, 0.2) is 0 Å². The molecule has 2 rings (SSSR count). The molecule has 9 heteroatoms. The number of carboxylic acid groups (broad SMARTS) is 1. The minimum Gasteiger partial charge on any atom is -0.464 e. The molecule has 0 aromatic carbocycles. The molecule has 5 atom stereocenters. The van der Waals surface area contributed by atoms with Crippen molar-refractivity contribution < 1.29 is 38.8 Å². The quantitative estimate of drug-likeness (QED) is 0.535. The number of ether oxygens (including phenoxy) is 3. The van der Waals surface area contributed by atoms with Crippen molar-refractivity contribution in [2.45, 2.75) is 95.9 Å². The molecule has 29 heavy (non-hydrogen) atoms. The summed E-state index contributed by atoms with van der Waals surface area (Å²) < 4.78 is 16.5. The molecule has 1 aliphatic heterocycles. The Labute approximate surface area is 170 Å². The fourth-order valence-electron chi connectivity index (χ4n) is 3.45. The zero-order valence-corrected chi connectivity index (χ0v) is 17.4. The molecule has 0 bridgehead atoms. The van der Waals surface area contributed by atoms with E-state index < -0.39 is 48.1 Å². The fraction of sp³-hybridized carbons (Fsp3) is 0.750. The summed E-state index contributed by atoms with van der Waals surface area (Å²) in [5.74, 6) is -0.865. The lowest BCUT2D eigenvalue weighted by Crippen LogP contribution is -2.51. The summed E-state index contributed by atoms with van der Waals surface area (Å²) in [4.78, 5) is 37.3. The van der Waals surface area contributed by atoms with Gasteiger partial charge in [0.2, 0.25) is 0 Å². The summed E-state index contributed by atoms with van der Waals surface area (Å²) in [5, 5.41) is 20.1. The number of hydrogen-bond acceptors (Lipinski definition) is 7. The van der Waals surface area contributed by atoms with Crippen LogP contribution < -0.4 is 0 Å². The van der Waals surface area contributed by atoms with Gasteiger partial charge >= 0.3 is 18.2 Å². The lowest BCUT2D eigenvalue weighted by molar-refractivity contribution is -0.169. The number of esters is 1. The maximum Gasteiger partial charge on any atom is 0.420 e. The number of rotatable bonds is 3. The predicted octanol–water partition coefficient (Wildman–Crippen LogP) is 2.85. The van der Waals surface area contributed by atoms with Crippen LogP contribution in [-0.2, 0) is 19.0 Å². The number of amides is 2. The Kier molecular flexibility index (Phi) is 7.65. The van der Waals surface area contributed by atoms with E-state index in [0.717, 1.165) is 12.8 Å². The number of carbonyl (C=O) groups excluding carboxylic acids is 2. The number of aliphatic hydroxyl groups is 1. The van der Waals surface area contributed by atoms with Gasteiger partial charge in [-0.25, -0.2) is 14.4 Å². The van der Waals surface area contributed by atoms with Gasteiger partial charge < -0.3 is 24.4 Å². The van der Waals surface area contributed by atoms with E-state index in [1.807, 2.05) is 12.2 Å². The van der Waals surface area contributed by atoms with Gasteiger partial charge in [0.25, 0.3) is 0 Å². The molecular weight excluding hydrogens is 382 g/mol. The number of nitrogens with zero attached hydrogens (tertiary/aromatic N) is 1. The number of hydrogen-bond donors (Lipinski definition) is 2. The minimum absolute atomic E-state index is 0.0181. The van der Waals surface area contributed by atoms with Crippen molar-refractivity contribution in [3.63, 3.8) is 0 Å². The predicted molar refractivity (Wildman–Crippen MR) is 102 cm³/mol. The number of carbonyl (C=O) groups is 3. The van der Waals surface area contributed by atoms with E-state index in [9.17, 15) is 24.6 Å². The van der Waals surface area contributed by atoms with Crippen LogP contribution in [0, 0.1) is 0 Å². The van der Waals surface area contributed by atoms with Crippen LogP contribution in [0.5, 0.6) is 0 Å². The van der Waals surface area contributed by atoms with Crippen LogP contribution in [0.15, 0.2) is 12.2 Å². The lowest BCUT2D eigenvalue weighted by Gasteiger charge is -2.31. The van der Waals surface area contributed by atoms with Gasteiger partial charge in [-0.15, -0.1) is 0 Å². The molecular formula is C20H31NO8. The van der Waals surface area contributed by atoms with E-state index in [1.54, 1.807) is 27.7 Å². The van der Waals surface area contributed by atoms with Gasteiger partial charge in [0.05, 0.1) is 12.2 Å². The first-order chi connectivity index (χ1) is 13.5. The second-order valence-electron chi connectivity index (χ2n) is 8.43. The molecule has 0 aromatic rings. The molecule has 1 aliphatic carbocycles. The van der Waals surface area contributed by atoms with Crippen molar-refractivity contribution in [1.29, 1.82) is 0 Å². The zero-order valence-electron chi connectivity index (χ0n) is 17.4. The summed E-state index contributed by atoms with van der Waals surface area (Å²) >= 11 is 0. The fourth-order valence-corrected chi connectivity index (χ4v) is 3.45. The van der Waals surface area contributed by atoms with Crippen LogP contribution in [0.2, 0.25) is 0 Å². The van der Waals surface area contributed by atoms with E-state index in [1.165, 1.54) is 0 Å². The number of imide groups is 1. The summed E-state index contributed by atoms with van der Waals surface area (Å²) in [6.45, 7) is 6.39. The Morgan fingerprint density at radius 3 is 2.48 bits per heavy atom. The molecule has 1 saturated heterocycles. The van der Waals surface area contributed by atoms with Crippen molar-refractivity contribution in [3.05, 3.63) is 12.2 Å². The van der Waals surface area contributed by atoms with E-state index in [-0.39, 0.29) is 18.9 Å². The summed E-state index contributed by atoms with van der Waals surface area (Å²) in [6.07, 6.45) is 0.828. The first-order valence-electron chi connectivity index (χ1n) is 9.95. The van der Waals surface area contributed by atoms with Crippen molar-refractivity contribution in [2.75, 3.05) is 0 Å². The highest BCUT2D eigenvalue weighted by molar-refractivity contribution is 5.93. The first kappa shape index (κ1) is 23.2. The maximum absolute atomic E-state index is 12.7. The summed E-state index contributed by atoms with van der Waals surface area (Å²) in [7, 11) is 0.